The fraction of sp³-hybridized carbons (Fsp3) is 0.625. The van der Waals surface area contributed by atoms with Crippen molar-refractivity contribution in [1.29, 1.82) is 0 Å². The van der Waals surface area contributed by atoms with E-state index in [0.29, 0.717) is 31.4 Å². The Balaban J connectivity index is 2.12. The standard InChI is InChI=1S/C8H9F3N2OS/c9-8(10,11)6-5-15-7(12-6)13-1-3-14-4-2-13/h5H,1-4H2. The highest BCUT2D eigenvalue weighted by Gasteiger charge is 2.34. The van der Waals surface area contributed by atoms with Crippen LogP contribution in [0.4, 0.5) is 18.3 Å². The molecule has 0 aliphatic carbocycles. The van der Waals surface area contributed by atoms with E-state index in [2.05, 4.69) is 4.98 Å². The van der Waals surface area contributed by atoms with E-state index in [0.717, 1.165) is 16.7 Å². The van der Waals surface area contributed by atoms with Gasteiger partial charge in [0.05, 0.1) is 13.2 Å². The Kier molecular flexibility index (Phi) is 2.83. The number of hydrogen-bond donors (Lipinski definition) is 0. The molecule has 0 saturated carbocycles. The van der Waals surface area contributed by atoms with Gasteiger partial charge in [0, 0.05) is 18.5 Å². The van der Waals surface area contributed by atoms with Crippen molar-refractivity contribution >= 4 is 16.5 Å². The summed E-state index contributed by atoms with van der Waals surface area (Å²) >= 11 is 1.02. The molecule has 2 heterocycles. The highest BCUT2D eigenvalue weighted by atomic mass is 32.1. The van der Waals surface area contributed by atoms with Gasteiger partial charge in [0.25, 0.3) is 0 Å². The van der Waals surface area contributed by atoms with Crippen molar-refractivity contribution in [2.45, 2.75) is 6.18 Å². The van der Waals surface area contributed by atoms with Crippen LogP contribution in [0.15, 0.2) is 5.38 Å². The zero-order chi connectivity index (χ0) is 10.9. The number of ether oxygens (including phenoxy) is 1. The number of nitrogens with zero attached hydrogens (tertiary/aromatic N) is 2. The first kappa shape index (κ1) is 10.7. The topological polar surface area (TPSA) is 25.4 Å². The van der Waals surface area contributed by atoms with E-state index in [1.807, 2.05) is 4.90 Å². The maximum Gasteiger partial charge on any atom is 0.434 e. The molecule has 1 fully saturated rings. The van der Waals surface area contributed by atoms with Crippen LogP contribution in [0.3, 0.4) is 0 Å². The summed E-state index contributed by atoms with van der Waals surface area (Å²) < 4.78 is 41.9. The molecule has 0 radical (unpaired) electrons. The third-order valence-corrected chi connectivity index (χ3v) is 2.97. The zero-order valence-corrected chi connectivity index (χ0v) is 8.57. The monoisotopic (exact) mass is 238 g/mol. The second kappa shape index (κ2) is 3.97. The van der Waals surface area contributed by atoms with Crippen molar-refractivity contribution in [2.75, 3.05) is 31.2 Å². The lowest BCUT2D eigenvalue weighted by Crippen LogP contribution is -2.36. The molecule has 3 nitrogen and oxygen atoms in total. The van der Waals surface area contributed by atoms with Gasteiger partial charge in [-0.1, -0.05) is 0 Å². The van der Waals surface area contributed by atoms with Gasteiger partial charge in [-0.2, -0.15) is 13.2 Å². The van der Waals surface area contributed by atoms with Crippen LogP contribution in [0.1, 0.15) is 5.69 Å². The van der Waals surface area contributed by atoms with Crippen LogP contribution < -0.4 is 4.90 Å². The van der Waals surface area contributed by atoms with Crippen molar-refractivity contribution in [3.8, 4) is 0 Å². The molecule has 0 unspecified atom stereocenters. The van der Waals surface area contributed by atoms with Crippen molar-refractivity contribution in [3.05, 3.63) is 11.1 Å². The summed E-state index contributed by atoms with van der Waals surface area (Å²) in [6, 6.07) is 0. The molecule has 0 spiro atoms. The Morgan fingerprint density at radius 2 is 2.00 bits per heavy atom. The number of halogens is 3. The molecule has 1 aliphatic heterocycles. The molecule has 84 valence electrons. The largest absolute Gasteiger partial charge is 0.434 e. The Hall–Kier alpha value is -0.820. The number of aromatic nitrogens is 1. The van der Waals surface area contributed by atoms with E-state index >= 15 is 0 Å². The van der Waals surface area contributed by atoms with E-state index in [1.165, 1.54) is 0 Å². The Bertz CT molecular complexity index is 333. The van der Waals surface area contributed by atoms with Crippen molar-refractivity contribution < 1.29 is 17.9 Å². The zero-order valence-electron chi connectivity index (χ0n) is 7.75. The summed E-state index contributed by atoms with van der Waals surface area (Å²) in [4.78, 5) is 5.38. The Labute approximate surface area is 88.5 Å². The van der Waals surface area contributed by atoms with Crippen LogP contribution in [0, 0.1) is 0 Å². The van der Waals surface area contributed by atoms with Crippen LogP contribution in [0.25, 0.3) is 0 Å². The van der Waals surface area contributed by atoms with Crippen molar-refractivity contribution in [1.82, 2.24) is 4.98 Å². The fourth-order valence-corrected chi connectivity index (χ4v) is 2.18. The smallest absolute Gasteiger partial charge is 0.378 e. The maximum atomic E-state index is 12.3. The number of alkyl halides is 3. The lowest BCUT2D eigenvalue weighted by atomic mass is 10.4. The van der Waals surface area contributed by atoms with Gasteiger partial charge in [0.15, 0.2) is 10.8 Å². The van der Waals surface area contributed by atoms with Gasteiger partial charge in [-0.3, -0.25) is 0 Å². The molecule has 0 bridgehead atoms. The normalized spacial score (nSPS) is 18.2. The molecule has 2 rings (SSSR count). The molecule has 1 aliphatic rings. The molecule has 15 heavy (non-hydrogen) atoms. The molecule has 1 aromatic heterocycles. The number of morpholine rings is 1. The molecule has 1 aromatic rings. The quantitative estimate of drug-likeness (QED) is 0.748. The van der Waals surface area contributed by atoms with Gasteiger partial charge in [0.1, 0.15) is 0 Å². The molecule has 7 heteroatoms. The number of anilines is 1. The van der Waals surface area contributed by atoms with E-state index in [9.17, 15) is 13.2 Å². The average Bonchev–Trinajstić information content (AvgIpc) is 2.67. The highest BCUT2D eigenvalue weighted by Crippen LogP contribution is 2.33. The average molecular weight is 238 g/mol. The lowest BCUT2D eigenvalue weighted by molar-refractivity contribution is -0.140. The molecular weight excluding hydrogens is 229 g/mol. The third kappa shape index (κ3) is 2.40. The summed E-state index contributed by atoms with van der Waals surface area (Å²) in [7, 11) is 0. The minimum Gasteiger partial charge on any atom is -0.378 e. The summed E-state index contributed by atoms with van der Waals surface area (Å²) in [6.45, 7) is 2.29. The second-order valence-electron chi connectivity index (χ2n) is 3.11. The van der Waals surface area contributed by atoms with Crippen molar-refractivity contribution in [3.63, 3.8) is 0 Å². The fourth-order valence-electron chi connectivity index (χ4n) is 1.29. The minimum absolute atomic E-state index is 0.422. The second-order valence-corrected chi connectivity index (χ2v) is 3.95. The molecule has 1 saturated heterocycles. The van der Waals surface area contributed by atoms with Gasteiger partial charge in [0.2, 0.25) is 0 Å². The Morgan fingerprint density at radius 3 is 2.53 bits per heavy atom. The number of rotatable bonds is 1. The summed E-state index contributed by atoms with van der Waals surface area (Å²) in [5.74, 6) is 0. The first-order valence-electron chi connectivity index (χ1n) is 4.43. The van der Waals surface area contributed by atoms with E-state index in [1.54, 1.807) is 0 Å². The number of thiazole rings is 1. The summed E-state index contributed by atoms with van der Waals surface area (Å²) in [6.07, 6.45) is -4.35. The van der Waals surface area contributed by atoms with Gasteiger partial charge in [-0.05, 0) is 0 Å². The molecular formula is C8H9F3N2OS. The summed E-state index contributed by atoms with van der Waals surface area (Å²) in [5, 5.41) is 1.47. The van der Waals surface area contributed by atoms with Crippen LogP contribution >= 0.6 is 11.3 Å². The molecule has 0 aromatic carbocycles. The van der Waals surface area contributed by atoms with Gasteiger partial charge < -0.3 is 9.64 Å². The van der Waals surface area contributed by atoms with E-state index in [4.69, 9.17) is 4.74 Å². The third-order valence-electron chi connectivity index (χ3n) is 2.06. The van der Waals surface area contributed by atoms with Crippen LogP contribution in [-0.4, -0.2) is 31.3 Å². The maximum absolute atomic E-state index is 12.3. The highest BCUT2D eigenvalue weighted by molar-refractivity contribution is 7.13. The van der Waals surface area contributed by atoms with Gasteiger partial charge in [-0.15, -0.1) is 11.3 Å². The molecule has 0 atom stereocenters. The predicted molar refractivity (Wildman–Crippen MR) is 50.1 cm³/mol. The SMILES string of the molecule is FC(F)(F)c1csc(N2CCOCC2)n1. The molecule has 0 amide bonds. The molecule has 0 N–H and O–H groups in total. The number of hydrogen-bond acceptors (Lipinski definition) is 4. The van der Waals surface area contributed by atoms with Gasteiger partial charge in [-0.25, -0.2) is 4.98 Å². The van der Waals surface area contributed by atoms with Crippen LogP contribution in [0.2, 0.25) is 0 Å². The van der Waals surface area contributed by atoms with Crippen molar-refractivity contribution in [2.24, 2.45) is 0 Å². The van der Waals surface area contributed by atoms with E-state index in [-0.39, 0.29) is 0 Å². The van der Waals surface area contributed by atoms with E-state index < -0.39 is 11.9 Å². The Morgan fingerprint density at radius 1 is 1.33 bits per heavy atom. The summed E-state index contributed by atoms with van der Waals surface area (Å²) in [5.41, 5.74) is -0.811. The lowest BCUT2D eigenvalue weighted by Gasteiger charge is -2.26. The minimum atomic E-state index is -4.35. The predicted octanol–water partition coefficient (Wildman–Crippen LogP) is 2.00. The van der Waals surface area contributed by atoms with Gasteiger partial charge >= 0.3 is 6.18 Å². The van der Waals surface area contributed by atoms with Crippen LogP contribution in [0.5, 0.6) is 0 Å². The first-order chi connectivity index (χ1) is 7.07. The first-order valence-corrected chi connectivity index (χ1v) is 5.31. The van der Waals surface area contributed by atoms with Crippen LogP contribution in [-0.2, 0) is 10.9 Å².